The predicted molar refractivity (Wildman–Crippen MR) is 92.5 cm³/mol. The molecular formula is C17H16BrNO3S. The first kappa shape index (κ1) is 16.2. The van der Waals surface area contributed by atoms with E-state index < -0.39 is 11.6 Å². The lowest BCUT2D eigenvalue weighted by Gasteiger charge is -2.35. The molecule has 1 aliphatic heterocycles. The Balaban J connectivity index is 1.80. The quantitative estimate of drug-likeness (QED) is 0.747. The Morgan fingerprint density at radius 2 is 2.09 bits per heavy atom. The Hall–Kier alpha value is -1.66. The standard InChI is InChI=1S/C17H16BrNO3S/c1-17(9-11-5-3-4-6-13(11)15(20)22-17)16(21)19(2)10-12-7-8-14(18)23-12/h3-8H,9-10H2,1-2H3. The maximum absolute atomic E-state index is 12.8. The van der Waals surface area contributed by atoms with Crippen molar-refractivity contribution >= 4 is 39.1 Å². The molecule has 0 N–H and O–H groups in total. The van der Waals surface area contributed by atoms with Crippen molar-refractivity contribution in [3.8, 4) is 0 Å². The fourth-order valence-electron chi connectivity index (χ4n) is 2.80. The lowest BCUT2D eigenvalue weighted by Crippen LogP contribution is -2.51. The fourth-order valence-corrected chi connectivity index (χ4v) is 4.33. The number of thiophene rings is 1. The Kier molecular flexibility index (Phi) is 4.29. The van der Waals surface area contributed by atoms with E-state index in [1.54, 1.807) is 42.3 Å². The van der Waals surface area contributed by atoms with Gasteiger partial charge in [-0.05, 0) is 46.6 Å². The average Bonchev–Trinajstić information content (AvgIpc) is 2.91. The second kappa shape index (κ2) is 6.09. The lowest BCUT2D eigenvalue weighted by molar-refractivity contribution is -0.150. The van der Waals surface area contributed by atoms with Gasteiger partial charge in [0.05, 0.1) is 15.9 Å². The van der Waals surface area contributed by atoms with Crippen LogP contribution in [-0.4, -0.2) is 29.4 Å². The molecule has 1 aliphatic rings. The van der Waals surface area contributed by atoms with Crippen molar-refractivity contribution in [1.29, 1.82) is 0 Å². The van der Waals surface area contributed by atoms with E-state index in [2.05, 4.69) is 15.9 Å². The van der Waals surface area contributed by atoms with E-state index in [1.807, 2.05) is 24.3 Å². The molecule has 1 atom stereocenters. The van der Waals surface area contributed by atoms with Gasteiger partial charge >= 0.3 is 5.97 Å². The van der Waals surface area contributed by atoms with Gasteiger partial charge in [0.1, 0.15) is 0 Å². The van der Waals surface area contributed by atoms with Gasteiger partial charge in [-0.3, -0.25) is 4.79 Å². The van der Waals surface area contributed by atoms with Crippen LogP contribution in [0.1, 0.15) is 27.7 Å². The molecule has 1 aromatic heterocycles. The second-order valence-corrected chi connectivity index (χ2v) is 8.37. The summed E-state index contributed by atoms with van der Waals surface area (Å²) in [5.74, 6) is -0.625. The molecule has 120 valence electrons. The number of esters is 1. The number of carbonyl (C=O) groups is 2. The molecule has 2 heterocycles. The van der Waals surface area contributed by atoms with Crippen molar-refractivity contribution < 1.29 is 14.3 Å². The molecule has 3 rings (SSSR count). The molecule has 0 aliphatic carbocycles. The summed E-state index contributed by atoms with van der Waals surface area (Å²) in [5.41, 5.74) is 0.240. The van der Waals surface area contributed by atoms with Gasteiger partial charge in [-0.15, -0.1) is 11.3 Å². The third kappa shape index (κ3) is 3.19. The van der Waals surface area contributed by atoms with Crippen LogP contribution in [0.4, 0.5) is 0 Å². The van der Waals surface area contributed by atoms with Crippen molar-refractivity contribution in [1.82, 2.24) is 4.90 Å². The maximum atomic E-state index is 12.8. The first-order chi connectivity index (χ1) is 10.9. The topological polar surface area (TPSA) is 46.6 Å². The number of ether oxygens (including phenoxy) is 1. The SMILES string of the molecule is CN(Cc1ccc(Br)s1)C(=O)C1(C)Cc2ccccc2C(=O)O1. The van der Waals surface area contributed by atoms with Gasteiger partial charge in [0, 0.05) is 18.3 Å². The average molecular weight is 394 g/mol. The van der Waals surface area contributed by atoms with Crippen LogP contribution < -0.4 is 0 Å². The number of cyclic esters (lactones) is 1. The van der Waals surface area contributed by atoms with Crippen LogP contribution in [0.15, 0.2) is 40.2 Å². The number of likely N-dealkylation sites (N-methyl/N-ethyl adjacent to an activating group) is 1. The third-order valence-corrected chi connectivity index (χ3v) is 5.51. The van der Waals surface area contributed by atoms with Crippen LogP contribution in [0.5, 0.6) is 0 Å². The number of amides is 1. The van der Waals surface area contributed by atoms with Crippen LogP contribution in [0.2, 0.25) is 0 Å². The summed E-state index contributed by atoms with van der Waals surface area (Å²) in [6, 6.07) is 11.2. The van der Waals surface area contributed by atoms with E-state index in [0.29, 0.717) is 18.5 Å². The highest BCUT2D eigenvalue weighted by Crippen LogP contribution is 2.30. The summed E-state index contributed by atoms with van der Waals surface area (Å²) in [6.07, 6.45) is 0.395. The van der Waals surface area contributed by atoms with E-state index in [1.165, 1.54) is 0 Å². The largest absolute Gasteiger partial charge is 0.445 e. The molecule has 1 aromatic carbocycles. The highest BCUT2D eigenvalue weighted by molar-refractivity contribution is 9.11. The van der Waals surface area contributed by atoms with E-state index >= 15 is 0 Å². The van der Waals surface area contributed by atoms with Crippen LogP contribution in [0, 0.1) is 0 Å². The molecule has 0 saturated carbocycles. The van der Waals surface area contributed by atoms with Gasteiger partial charge in [0.15, 0.2) is 5.60 Å². The number of benzene rings is 1. The normalized spacial score (nSPS) is 19.9. The number of rotatable bonds is 3. The third-order valence-electron chi connectivity index (χ3n) is 3.90. The molecule has 0 spiro atoms. The smallest absolute Gasteiger partial charge is 0.339 e. The minimum Gasteiger partial charge on any atom is -0.445 e. The summed E-state index contributed by atoms with van der Waals surface area (Å²) >= 11 is 5.00. The summed E-state index contributed by atoms with van der Waals surface area (Å²) in [4.78, 5) is 27.7. The number of halogens is 1. The molecule has 23 heavy (non-hydrogen) atoms. The molecule has 0 fully saturated rings. The number of hydrogen-bond donors (Lipinski definition) is 0. The van der Waals surface area contributed by atoms with Crippen molar-refractivity contribution in [2.45, 2.75) is 25.5 Å². The number of nitrogens with zero attached hydrogens (tertiary/aromatic N) is 1. The van der Waals surface area contributed by atoms with Crippen molar-refractivity contribution in [3.05, 3.63) is 56.2 Å². The van der Waals surface area contributed by atoms with Gasteiger partial charge in [-0.1, -0.05) is 18.2 Å². The Labute approximate surface area is 147 Å². The van der Waals surface area contributed by atoms with Crippen molar-refractivity contribution in [3.63, 3.8) is 0 Å². The zero-order valence-corrected chi connectivity index (χ0v) is 15.2. The summed E-state index contributed by atoms with van der Waals surface area (Å²) in [7, 11) is 1.73. The first-order valence-electron chi connectivity index (χ1n) is 7.20. The molecule has 0 bridgehead atoms. The monoisotopic (exact) mass is 393 g/mol. The van der Waals surface area contributed by atoms with E-state index in [-0.39, 0.29) is 5.91 Å². The van der Waals surface area contributed by atoms with E-state index in [0.717, 1.165) is 14.2 Å². The number of hydrogen-bond acceptors (Lipinski definition) is 4. The number of carbonyl (C=O) groups excluding carboxylic acids is 2. The lowest BCUT2D eigenvalue weighted by atomic mass is 9.89. The van der Waals surface area contributed by atoms with E-state index in [4.69, 9.17) is 4.74 Å². The summed E-state index contributed by atoms with van der Waals surface area (Å²) in [6.45, 7) is 2.17. The molecule has 6 heteroatoms. The molecule has 2 aromatic rings. The molecule has 4 nitrogen and oxygen atoms in total. The van der Waals surface area contributed by atoms with Crippen LogP contribution >= 0.6 is 27.3 Å². The molecule has 1 unspecified atom stereocenters. The molecule has 0 radical (unpaired) electrons. The molecule has 1 amide bonds. The Morgan fingerprint density at radius 1 is 1.35 bits per heavy atom. The molecular weight excluding hydrogens is 378 g/mol. The Morgan fingerprint density at radius 3 is 2.78 bits per heavy atom. The maximum Gasteiger partial charge on any atom is 0.339 e. The number of fused-ring (bicyclic) bond motifs is 1. The zero-order chi connectivity index (χ0) is 16.6. The van der Waals surface area contributed by atoms with Crippen LogP contribution in [-0.2, 0) is 22.5 Å². The van der Waals surface area contributed by atoms with Crippen molar-refractivity contribution in [2.24, 2.45) is 0 Å². The second-order valence-electron chi connectivity index (χ2n) is 5.82. The van der Waals surface area contributed by atoms with Gasteiger partial charge in [-0.2, -0.15) is 0 Å². The van der Waals surface area contributed by atoms with Gasteiger partial charge in [0.25, 0.3) is 5.91 Å². The minimum absolute atomic E-state index is 0.190. The first-order valence-corrected chi connectivity index (χ1v) is 8.81. The van der Waals surface area contributed by atoms with Crippen LogP contribution in [0.25, 0.3) is 0 Å². The highest BCUT2D eigenvalue weighted by atomic mass is 79.9. The zero-order valence-electron chi connectivity index (χ0n) is 12.8. The highest BCUT2D eigenvalue weighted by Gasteiger charge is 2.44. The minimum atomic E-state index is -1.16. The summed E-state index contributed by atoms with van der Waals surface area (Å²) in [5, 5.41) is 0. The van der Waals surface area contributed by atoms with Gasteiger partial charge in [-0.25, -0.2) is 4.79 Å². The molecule has 0 saturated heterocycles. The predicted octanol–water partition coefficient (Wildman–Crippen LogP) is 3.64. The Bertz CT molecular complexity index is 773. The summed E-state index contributed by atoms with van der Waals surface area (Å²) < 4.78 is 6.52. The van der Waals surface area contributed by atoms with Crippen LogP contribution in [0.3, 0.4) is 0 Å². The fraction of sp³-hybridized carbons (Fsp3) is 0.294. The van der Waals surface area contributed by atoms with Gasteiger partial charge in [0.2, 0.25) is 0 Å². The van der Waals surface area contributed by atoms with Gasteiger partial charge < -0.3 is 9.64 Å². The van der Waals surface area contributed by atoms with Crippen molar-refractivity contribution in [2.75, 3.05) is 7.05 Å². The van der Waals surface area contributed by atoms with E-state index in [9.17, 15) is 9.59 Å².